The van der Waals surface area contributed by atoms with E-state index >= 15 is 0 Å². The van der Waals surface area contributed by atoms with Crippen molar-refractivity contribution in [2.24, 2.45) is 0 Å². The van der Waals surface area contributed by atoms with Gasteiger partial charge >= 0.3 is 0 Å². The Morgan fingerprint density at radius 3 is 2.19 bits per heavy atom. The first-order valence-electron chi connectivity index (χ1n) is 6.62. The van der Waals surface area contributed by atoms with Crippen LogP contribution in [0, 0.1) is 0 Å². The number of aliphatic hydroxyl groups is 1. The van der Waals surface area contributed by atoms with Crippen LogP contribution in [-0.2, 0) is 6.42 Å². The smallest absolute Gasteiger partial charge is 0.130 e. The number of nitrogen functional groups attached to an aromatic ring is 2. The molecule has 0 aliphatic carbocycles. The van der Waals surface area contributed by atoms with Crippen molar-refractivity contribution in [1.82, 2.24) is 0 Å². The number of ether oxygens (including phenoxy) is 2. The van der Waals surface area contributed by atoms with E-state index in [0.717, 1.165) is 16.7 Å². The van der Waals surface area contributed by atoms with Crippen molar-refractivity contribution in [2.75, 3.05) is 32.3 Å². The Hall–Kier alpha value is -2.40. The van der Waals surface area contributed by atoms with Crippen molar-refractivity contribution in [1.29, 1.82) is 0 Å². The molecule has 0 fully saturated rings. The minimum atomic E-state index is -0.00141. The first-order valence-corrected chi connectivity index (χ1v) is 6.62. The molecule has 2 aromatic rings. The van der Waals surface area contributed by atoms with Crippen molar-refractivity contribution in [3.63, 3.8) is 0 Å². The monoisotopic (exact) mass is 288 g/mol. The highest BCUT2D eigenvalue weighted by atomic mass is 16.5. The topological polar surface area (TPSA) is 90.7 Å². The third-order valence-corrected chi connectivity index (χ3v) is 3.37. The number of rotatable bonds is 5. The molecule has 0 amide bonds. The highest BCUT2D eigenvalue weighted by molar-refractivity contribution is 5.84. The summed E-state index contributed by atoms with van der Waals surface area (Å²) in [4.78, 5) is 0. The average molecular weight is 288 g/mol. The van der Waals surface area contributed by atoms with Gasteiger partial charge in [0.1, 0.15) is 11.5 Å². The van der Waals surface area contributed by atoms with Crippen molar-refractivity contribution < 1.29 is 14.6 Å². The molecular formula is C16H20N2O3. The van der Waals surface area contributed by atoms with Gasteiger partial charge in [0.2, 0.25) is 0 Å². The van der Waals surface area contributed by atoms with E-state index in [0.29, 0.717) is 29.3 Å². The summed E-state index contributed by atoms with van der Waals surface area (Å²) >= 11 is 0. The summed E-state index contributed by atoms with van der Waals surface area (Å²) in [5, 5.41) is 9.29. The minimum absolute atomic E-state index is 0.00141. The lowest BCUT2D eigenvalue weighted by molar-refractivity contribution is 0.300. The number of nitrogens with two attached hydrogens (primary N) is 2. The van der Waals surface area contributed by atoms with Gasteiger partial charge in [-0.3, -0.25) is 0 Å². The quantitative estimate of drug-likeness (QED) is 0.733. The number of hydrogen-bond acceptors (Lipinski definition) is 5. The second-order valence-electron chi connectivity index (χ2n) is 4.65. The third kappa shape index (κ3) is 2.87. The molecule has 0 atom stereocenters. The van der Waals surface area contributed by atoms with E-state index in [-0.39, 0.29) is 6.61 Å². The zero-order valence-electron chi connectivity index (χ0n) is 12.2. The Morgan fingerprint density at radius 2 is 1.67 bits per heavy atom. The van der Waals surface area contributed by atoms with Gasteiger partial charge in [-0.05, 0) is 41.8 Å². The molecule has 0 saturated carbocycles. The zero-order valence-corrected chi connectivity index (χ0v) is 12.2. The summed E-state index contributed by atoms with van der Waals surface area (Å²) in [6.07, 6.45) is 0.433. The van der Waals surface area contributed by atoms with Gasteiger partial charge in [-0.2, -0.15) is 0 Å². The van der Waals surface area contributed by atoms with Gasteiger partial charge in [-0.15, -0.1) is 0 Å². The molecule has 21 heavy (non-hydrogen) atoms. The molecule has 5 heteroatoms. The number of anilines is 2. The molecule has 0 radical (unpaired) electrons. The van der Waals surface area contributed by atoms with E-state index in [9.17, 15) is 5.11 Å². The second-order valence-corrected chi connectivity index (χ2v) is 4.65. The van der Waals surface area contributed by atoms with Gasteiger partial charge in [-0.1, -0.05) is 6.07 Å². The SMILES string of the molecule is COc1cccc(OC)c1-c1cc(N)cc(N)c1CCO. The highest BCUT2D eigenvalue weighted by Crippen LogP contribution is 2.42. The summed E-state index contributed by atoms with van der Waals surface area (Å²) < 4.78 is 10.9. The number of benzene rings is 2. The molecule has 0 aromatic heterocycles. The molecule has 2 rings (SSSR count). The van der Waals surface area contributed by atoms with Crippen molar-refractivity contribution in [3.8, 4) is 22.6 Å². The van der Waals surface area contributed by atoms with E-state index in [1.54, 1.807) is 20.3 Å². The summed E-state index contributed by atoms with van der Waals surface area (Å²) in [7, 11) is 3.19. The first-order chi connectivity index (χ1) is 10.1. The van der Waals surface area contributed by atoms with Crippen molar-refractivity contribution in [2.45, 2.75) is 6.42 Å². The van der Waals surface area contributed by atoms with E-state index in [1.165, 1.54) is 0 Å². The van der Waals surface area contributed by atoms with Gasteiger partial charge in [0, 0.05) is 18.0 Å². The molecule has 0 aliphatic rings. The maximum absolute atomic E-state index is 9.29. The maximum Gasteiger partial charge on any atom is 0.130 e. The predicted octanol–water partition coefficient (Wildman–Crippen LogP) is 2.07. The highest BCUT2D eigenvalue weighted by Gasteiger charge is 2.18. The largest absolute Gasteiger partial charge is 0.496 e. The van der Waals surface area contributed by atoms with Crippen LogP contribution in [0.2, 0.25) is 0 Å². The standard InChI is InChI=1S/C16H20N2O3/c1-20-14-4-3-5-15(21-2)16(14)12-8-10(17)9-13(18)11(12)6-7-19/h3-5,8-9,19H,6-7,17-18H2,1-2H3. The van der Waals surface area contributed by atoms with Crippen LogP contribution >= 0.6 is 0 Å². The maximum atomic E-state index is 9.29. The van der Waals surface area contributed by atoms with Crippen LogP contribution in [0.25, 0.3) is 11.1 Å². The van der Waals surface area contributed by atoms with Crippen LogP contribution in [0.1, 0.15) is 5.56 Å². The second kappa shape index (κ2) is 6.37. The molecule has 0 bridgehead atoms. The minimum Gasteiger partial charge on any atom is -0.496 e. The van der Waals surface area contributed by atoms with Crippen LogP contribution in [-0.4, -0.2) is 25.9 Å². The fraction of sp³-hybridized carbons (Fsp3) is 0.250. The molecule has 0 saturated heterocycles. The summed E-state index contributed by atoms with van der Waals surface area (Å²) in [5.74, 6) is 1.33. The van der Waals surface area contributed by atoms with E-state index in [4.69, 9.17) is 20.9 Å². The number of hydrogen-bond donors (Lipinski definition) is 3. The molecule has 5 N–H and O–H groups in total. The van der Waals surface area contributed by atoms with Crippen LogP contribution < -0.4 is 20.9 Å². The van der Waals surface area contributed by atoms with Crippen molar-refractivity contribution in [3.05, 3.63) is 35.9 Å². The summed E-state index contributed by atoms with van der Waals surface area (Å²) in [6, 6.07) is 9.06. The van der Waals surface area contributed by atoms with Gasteiger partial charge in [0.15, 0.2) is 0 Å². The van der Waals surface area contributed by atoms with E-state index in [2.05, 4.69) is 0 Å². The molecular weight excluding hydrogens is 268 g/mol. The van der Waals surface area contributed by atoms with Crippen molar-refractivity contribution >= 4 is 11.4 Å². The van der Waals surface area contributed by atoms with Crippen LogP contribution in [0.15, 0.2) is 30.3 Å². The predicted molar refractivity (Wildman–Crippen MR) is 84.6 cm³/mol. The Bertz CT molecular complexity index is 619. The fourth-order valence-electron chi connectivity index (χ4n) is 2.45. The molecule has 2 aromatic carbocycles. The van der Waals surface area contributed by atoms with Crippen LogP contribution in [0.5, 0.6) is 11.5 Å². The molecule has 0 unspecified atom stereocenters. The molecule has 0 aliphatic heterocycles. The third-order valence-electron chi connectivity index (χ3n) is 3.37. The van der Waals surface area contributed by atoms with Gasteiger partial charge in [0.25, 0.3) is 0 Å². The lowest BCUT2D eigenvalue weighted by atomic mass is 9.94. The lowest BCUT2D eigenvalue weighted by Gasteiger charge is -2.18. The van der Waals surface area contributed by atoms with Gasteiger partial charge in [0.05, 0.1) is 19.8 Å². The normalized spacial score (nSPS) is 10.4. The number of methoxy groups -OCH3 is 2. The molecule has 5 nitrogen and oxygen atoms in total. The summed E-state index contributed by atoms with van der Waals surface area (Å²) in [5.41, 5.74) is 15.5. The zero-order chi connectivity index (χ0) is 15.4. The summed E-state index contributed by atoms with van der Waals surface area (Å²) in [6.45, 7) is -0.00141. The molecule has 0 spiro atoms. The van der Waals surface area contributed by atoms with Gasteiger partial charge in [-0.25, -0.2) is 0 Å². The number of aliphatic hydroxyl groups excluding tert-OH is 1. The fourth-order valence-corrected chi connectivity index (χ4v) is 2.45. The van der Waals surface area contributed by atoms with E-state index in [1.807, 2.05) is 24.3 Å². The van der Waals surface area contributed by atoms with Gasteiger partial charge < -0.3 is 26.0 Å². The van der Waals surface area contributed by atoms with Crippen LogP contribution in [0.4, 0.5) is 11.4 Å². The average Bonchev–Trinajstić information content (AvgIpc) is 2.48. The Morgan fingerprint density at radius 1 is 1.05 bits per heavy atom. The van der Waals surface area contributed by atoms with E-state index < -0.39 is 0 Å². The van der Waals surface area contributed by atoms with Crippen LogP contribution in [0.3, 0.4) is 0 Å². The Kier molecular flexibility index (Phi) is 4.55. The first kappa shape index (κ1) is 15.0. The molecule has 0 heterocycles. The Balaban J connectivity index is 2.77. The Labute approximate surface area is 124 Å². The lowest BCUT2D eigenvalue weighted by Crippen LogP contribution is -2.04. The molecule has 112 valence electrons.